The van der Waals surface area contributed by atoms with Crippen LogP contribution >= 0.6 is 12.6 Å². The summed E-state index contributed by atoms with van der Waals surface area (Å²) in [6.45, 7) is 7.47. The summed E-state index contributed by atoms with van der Waals surface area (Å²) in [7, 11) is 0. The minimum Gasteiger partial charge on any atom is -0.459 e. The molecular formula is C19H23N3O4S. The zero-order valence-electron chi connectivity index (χ0n) is 15.5. The first-order valence-corrected chi connectivity index (χ1v) is 9.00. The third-order valence-electron chi connectivity index (χ3n) is 3.82. The van der Waals surface area contributed by atoms with Gasteiger partial charge in [-0.05, 0) is 23.8 Å². The molecule has 1 rings (SSSR count). The molecule has 0 unspecified atom stereocenters. The highest BCUT2D eigenvalue weighted by Gasteiger charge is 2.34. The lowest BCUT2D eigenvalue weighted by molar-refractivity contribution is -0.146. The highest BCUT2D eigenvalue weighted by atomic mass is 32.1. The average Bonchev–Trinajstić information content (AvgIpc) is 2.63. The van der Waals surface area contributed by atoms with Crippen LogP contribution in [0.2, 0.25) is 0 Å². The number of nitrogens with zero attached hydrogens (tertiary/aromatic N) is 2. The van der Waals surface area contributed by atoms with Gasteiger partial charge in [-0.25, -0.2) is 9.59 Å². The largest absolute Gasteiger partial charge is 0.459 e. The number of nitrogens with one attached hydrogen (secondary N) is 1. The van der Waals surface area contributed by atoms with E-state index in [4.69, 9.17) is 9.47 Å². The van der Waals surface area contributed by atoms with E-state index in [9.17, 15) is 20.1 Å². The summed E-state index contributed by atoms with van der Waals surface area (Å²) in [5.41, 5.74) is 0.905. The van der Waals surface area contributed by atoms with Gasteiger partial charge in [0.1, 0.15) is 30.9 Å². The van der Waals surface area contributed by atoms with Gasteiger partial charge >= 0.3 is 11.9 Å². The lowest BCUT2D eigenvalue weighted by Crippen LogP contribution is -2.29. The van der Waals surface area contributed by atoms with Gasteiger partial charge in [0.2, 0.25) is 0 Å². The van der Waals surface area contributed by atoms with Crippen LogP contribution < -0.4 is 5.32 Å². The fourth-order valence-electron chi connectivity index (χ4n) is 2.73. The number of nitriles is 2. The van der Waals surface area contributed by atoms with Crippen molar-refractivity contribution in [3.8, 4) is 12.1 Å². The minimum absolute atomic E-state index is 0.147. The van der Waals surface area contributed by atoms with Crippen LogP contribution in [-0.4, -0.2) is 37.4 Å². The summed E-state index contributed by atoms with van der Waals surface area (Å²) in [6, 6.07) is 3.97. The van der Waals surface area contributed by atoms with Crippen molar-refractivity contribution >= 4 is 24.6 Å². The van der Waals surface area contributed by atoms with Crippen LogP contribution in [-0.2, 0) is 19.1 Å². The Bertz CT molecular complexity index is 754. The Hall–Kier alpha value is -2.71. The molecule has 0 amide bonds. The van der Waals surface area contributed by atoms with Crippen molar-refractivity contribution in [1.82, 2.24) is 5.32 Å². The van der Waals surface area contributed by atoms with Gasteiger partial charge in [-0.1, -0.05) is 20.4 Å². The molecule has 0 aliphatic heterocycles. The van der Waals surface area contributed by atoms with Crippen LogP contribution in [0.25, 0.3) is 0 Å². The Morgan fingerprint density at radius 3 is 2.52 bits per heavy atom. The summed E-state index contributed by atoms with van der Waals surface area (Å²) < 4.78 is 9.75. The lowest BCUT2D eigenvalue weighted by Gasteiger charge is -2.33. The first kappa shape index (κ1) is 22.3. The first-order valence-electron chi connectivity index (χ1n) is 8.37. The van der Waals surface area contributed by atoms with Crippen LogP contribution in [0.15, 0.2) is 35.1 Å². The molecule has 7 nitrogen and oxygen atoms in total. The number of carbonyl (C=O) groups excluding carboxylic acids is 2. The van der Waals surface area contributed by atoms with Crippen molar-refractivity contribution < 1.29 is 19.1 Å². The van der Waals surface area contributed by atoms with E-state index in [1.807, 2.05) is 19.9 Å². The molecule has 8 heteroatoms. The molecule has 1 N–H and O–H groups in total. The Labute approximate surface area is 164 Å². The van der Waals surface area contributed by atoms with Crippen molar-refractivity contribution in [2.45, 2.75) is 26.7 Å². The van der Waals surface area contributed by atoms with Gasteiger partial charge in [-0.15, -0.1) is 0 Å². The van der Waals surface area contributed by atoms with Gasteiger partial charge in [0.05, 0.1) is 5.57 Å². The molecule has 0 bridgehead atoms. The van der Waals surface area contributed by atoms with Gasteiger partial charge in [0.25, 0.3) is 0 Å². The van der Waals surface area contributed by atoms with Gasteiger partial charge in [0.15, 0.2) is 0 Å². The molecule has 0 saturated heterocycles. The predicted octanol–water partition coefficient (Wildman–Crippen LogP) is 2.20. The Morgan fingerprint density at radius 2 is 1.96 bits per heavy atom. The molecule has 0 fully saturated rings. The summed E-state index contributed by atoms with van der Waals surface area (Å²) in [5.74, 6) is -0.896. The quantitative estimate of drug-likeness (QED) is 0.215. The molecule has 0 heterocycles. The van der Waals surface area contributed by atoms with E-state index in [0.717, 1.165) is 6.08 Å². The number of esters is 2. The molecule has 0 aromatic heterocycles. The van der Waals surface area contributed by atoms with E-state index in [2.05, 4.69) is 30.6 Å². The topological polar surface area (TPSA) is 112 Å². The SMILES string of the molecule is C=CC(=O)OCCOC(=O)/C(C#N)=C1/CC(C)(C)CC(NCCS)=C1C#N. The number of carbonyl (C=O) groups is 2. The summed E-state index contributed by atoms with van der Waals surface area (Å²) in [4.78, 5) is 23.3. The second kappa shape index (κ2) is 10.4. The normalized spacial score (nSPS) is 17.2. The highest BCUT2D eigenvalue weighted by Crippen LogP contribution is 2.42. The van der Waals surface area contributed by atoms with Gasteiger partial charge in [-0.3, -0.25) is 0 Å². The maximum atomic E-state index is 12.4. The standard InChI is InChI=1S/C19H23N3O4S/c1-4-17(23)25-6-7-26-18(24)15(12-21)13-9-19(2,3)10-16(14(13)11-20)22-5-8-27/h4,22,27H,1,5-10H2,2-3H3/b15-13-. The fraction of sp³-hybridized carbons (Fsp3) is 0.474. The minimum atomic E-state index is -0.846. The maximum Gasteiger partial charge on any atom is 0.349 e. The molecule has 0 aromatic rings. The molecule has 27 heavy (non-hydrogen) atoms. The van der Waals surface area contributed by atoms with E-state index in [-0.39, 0.29) is 24.2 Å². The third-order valence-corrected chi connectivity index (χ3v) is 4.04. The molecule has 1 aliphatic carbocycles. The number of rotatable bonds is 8. The van der Waals surface area contributed by atoms with Gasteiger partial charge < -0.3 is 14.8 Å². The van der Waals surface area contributed by atoms with Crippen LogP contribution in [0.5, 0.6) is 0 Å². The third kappa shape index (κ3) is 6.50. The second-order valence-corrected chi connectivity index (χ2v) is 7.05. The number of thiol groups is 1. The number of hydrogen-bond acceptors (Lipinski definition) is 8. The smallest absolute Gasteiger partial charge is 0.349 e. The van der Waals surface area contributed by atoms with Crippen LogP contribution in [0.1, 0.15) is 26.7 Å². The zero-order chi connectivity index (χ0) is 20.4. The molecule has 0 aromatic carbocycles. The van der Waals surface area contributed by atoms with Crippen molar-refractivity contribution in [2.75, 3.05) is 25.5 Å². The van der Waals surface area contributed by atoms with Crippen molar-refractivity contribution in [3.63, 3.8) is 0 Å². The second-order valence-electron chi connectivity index (χ2n) is 6.61. The van der Waals surface area contributed by atoms with Gasteiger partial charge in [-0.2, -0.15) is 23.2 Å². The average molecular weight is 389 g/mol. The summed E-state index contributed by atoms with van der Waals surface area (Å²) >= 11 is 4.16. The molecule has 0 atom stereocenters. The highest BCUT2D eigenvalue weighted by molar-refractivity contribution is 7.80. The zero-order valence-corrected chi connectivity index (χ0v) is 16.4. The molecular weight excluding hydrogens is 366 g/mol. The molecule has 1 aliphatic rings. The predicted molar refractivity (Wildman–Crippen MR) is 102 cm³/mol. The Morgan fingerprint density at radius 1 is 1.30 bits per heavy atom. The maximum absolute atomic E-state index is 12.4. The van der Waals surface area contributed by atoms with Crippen molar-refractivity contribution in [3.05, 3.63) is 35.1 Å². The summed E-state index contributed by atoms with van der Waals surface area (Å²) in [6.07, 6.45) is 2.02. The number of allylic oxidation sites excluding steroid dienone is 3. The first-order chi connectivity index (χ1) is 12.8. The van der Waals surface area contributed by atoms with Crippen LogP contribution in [0, 0.1) is 28.1 Å². The van der Waals surface area contributed by atoms with Crippen LogP contribution in [0.3, 0.4) is 0 Å². The Kier molecular flexibility index (Phi) is 8.64. The molecule has 144 valence electrons. The van der Waals surface area contributed by atoms with Gasteiger partial charge in [0, 0.05) is 24.1 Å². The van der Waals surface area contributed by atoms with E-state index in [0.29, 0.717) is 42.0 Å². The fourth-order valence-corrected chi connectivity index (χ4v) is 2.84. The van der Waals surface area contributed by atoms with E-state index < -0.39 is 11.9 Å². The number of ether oxygens (including phenoxy) is 2. The van der Waals surface area contributed by atoms with Crippen molar-refractivity contribution in [2.24, 2.45) is 5.41 Å². The molecule has 0 spiro atoms. The lowest BCUT2D eigenvalue weighted by atomic mass is 9.73. The van der Waals surface area contributed by atoms with Crippen molar-refractivity contribution in [1.29, 1.82) is 10.5 Å². The number of hydrogen-bond donors (Lipinski definition) is 2. The van der Waals surface area contributed by atoms with E-state index >= 15 is 0 Å². The van der Waals surface area contributed by atoms with E-state index in [1.165, 1.54) is 0 Å². The molecule has 0 radical (unpaired) electrons. The van der Waals surface area contributed by atoms with E-state index in [1.54, 1.807) is 0 Å². The summed E-state index contributed by atoms with van der Waals surface area (Å²) in [5, 5.41) is 22.3. The molecule has 0 saturated carbocycles. The Balaban J connectivity index is 3.11. The van der Waals surface area contributed by atoms with Crippen LogP contribution in [0.4, 0.5) is 0 Å². The monoisotopic (exact) mass is 389 g/mol.